The van der Waals surface area contributed by atoms with Crippen LogP contribution in [-0.4, -0.2) is 13.4 Å². The van der Waals surface area contributed by atoms with Crippen LogP contribution >= 0.6 is 11.8 Å². The Morgan fingerprint density at radius 3 is 2.35 bits per heavy atom. The van der Waals surface area contributed by atoms with Gasteiger partial charge in [0.25, 0.3) is 0 Å². The van der Waals surface area contributed by atoms with E-state index in [0.29, 0.717) is 0 Å². The van der Waals surface area contributed by atoms with Gasteiger partial charge in [-0.05, 0) is 42.7 Å². The average molecular weight is 245 g/mol. The topological polar surface area (TPSA) is 21.3 Å². The van der Waals surface area contributed by atoms with Crippen LogP contribution in [0.4, 0.5) is 11.4 Å². The molecule has 3 heteroatoms. The number of anilines is 2. The Morgan fingerprint density at radius 1 is 1.00 bits per heavy atom. The van der Waals surface area contributed by atoms with Gasteiger partial charge in [-0.1, -0.05) is 12.1 Å². The molecule has 0 saturated heterocycles. The molecule has 17 heavy (non-hydrogen) atoms. The number of para-hydroxylation sites is 1. The third kappa shape index (κ3) is 2.94. The molecule has 2 nitrogen and oxygen atoms in total. The summed E-state index contributed by atoms with van der Waals surface area (Å²) in [5.74, 6) is 0.869. The quantitative estimate of drug-likeness (QED) is 0.817. The molecule has 0 unspecified atom stereocenters. The summed E-state index contributed by atoms with van der Waals surface area (Å²) in [5, 5.41) is 3.40. The van der Waals surface area contributed by atoms with Gasteiger partial charge in [0.1, 0.15) is 5.75 Å². The first kappa shape index (κ1) is 11.9. The van der Waals surface area contributed by atoms with Crippen molar-refractivity contribution in [3.8, 4) is 5.75 Å². The Bertz CT molecular complexity index is 482. The maximum Gasteiger partial charge on any atom is 0.119 e. The fourth-order valence-corrected chi connectivity index (χ4v) is 2.13. The minimum atomic E-state index is 0.869. The first-order chi connectivity index (χ1) is 8.33. The molecule has 0 aromatic heterocycles. The van der Waals surface area contributed by atoms with Gasteiger partial charge in [0, 0.05) is 10.6 Å². The van der Waals surface area contributed by atoms with Crippen molar-refractivity contribution in [1.29, 1.82) is 0 Å². The zero-order chi connectivity index (χ0) is 12.1. The van der Waals surface area contributed by atoms with E-state index in [4.69, 9.17) is 4.74 Å². The third-order valence-electron chi connectivity index (χ3n) is 2.48. The van der Waals surface area contributed by atoms with Crippen LogP contribution in [0.25, 0.3) is 0 Å². The minimum absolute atomic E-state index is 0.869. The molecule has 0 heterocycles. The van der Waals surface area contributed by atoms with E-state index in [-0.39, 0.29) is 0 Å². The Morgan fingerprint density at radius 2 is 1.71 bits per heavy atom. The van der Waals surface area contributed by atoms with Gasteiger partial charge in [-0.2, -0.15) is 0 Å². The third-order valence-corrected chi connectivity index (χ3v) is 3.27. The van der Waals surface area contributed by atoms with Gasteiger partial charge in [-0.25, -0.2) is 0 Å². The molecule has 0 saturated carbocycles. The van der Waals surface area contributed by atoms with Crippen LogP contribution in [0.15, 0.2) is 53.4 Å². The lowest BCUT2D eigenvalue weighted by Crippen LogP contribution is -1.92. The second kappa shape index (κ2) is 5.64. The van der Waals surface area contributed by atoms with Crippen LogP contribution in [0.1, 0.15) is 0 Å². The first-order valence-electron chi connectivity index (χ1n) is 5.37. The van der Waals surface area contributed by atoms with Crippen molar-refractivity contribution < 1.29 is 4.74 Å². The number of nitrogens with one attached hydrogen (secondary N) is 1. The smallest absolute Gasteiger partial charge is 0.119 e. The molecule has 0 radical (unpaired) electrons. The predicted octanol–water partition coefficient (Wildman–Crippen LogP) is 4.16. The fourth-order valence-electron chi connectivity index (χ4n) is 1.58. The molecule has 0 aliphatic carbocycles. The highest BCUT2D eigenvalue weighted by Gasteiger charge is 2.00. The second-order valence-electron chi connectivity index (χ2n) is 3.55. The SMILES string of the molecule is COc1ccc(Nc2ccccc2SC)cc1. The summed E-state index contributed by atoms with van der Waals surface area (Å²) in [7, 11) is 1.67. The van der Waals surface area contributed by atoms with Crippen LogP contribution in [0.5, 0.6) is 5.75 Å². The molecule has 2 aromatic rings. The Balaban J connectivity index is 2.19. The van der Waals surface area contributed by atoms with Gasteiger partial charge < -0.3 is 10.1 Å². The van der Waals surface area contributed by atoms with Crippen LogP contribution < -0.4 is 10.1 Å². The van der Waals surface area contributed by atoms with Crippen LogP contribution in [0.2, 0.25) is 0 Å². The fraction of sp³-hybridized carbons (Fsp3) is 0.143. The summed E-state index contributed by atoms with van der Waals surface area (Å²) < 4.78 is 5.13. The van der Waals surface area contributed by atoms with Gasteiger partial charge in [-0.15, -0.1) is 11.8 Å². The molecule has 88 valence electrons. The van der Waals surface area contributed by atoms with E-state index in [2.05, 4.69) is 23.7 Å². The lowest BCUT2D eigenvalue weighted by Gasteiger charge is -2.10. The minimum Gasteiger partial charge on any atom is -0.497 e. The number of benzene rings is 2. The molecule has 0 fully saturated rings. The monoisotopic (exact) mass is 245 g/mol. The van der Waals surface area contributed by atoms with Gasteiger partial charge in [0.2, 0.25) is 0 Å². The molecule has 0 aliphatic rings. The molecule has 1 N–H and O–H groups in total. The molecule has 2 rings (SSSR count). The van der Waals surface area contributed by atoms with Crippen molar-refractivity contribution in [2.45, 2.75) is 4.90 Å². The predicted molar refractivity (Wildman–Crippen MR) is 74.5 cm³/mol. The summed E-state index contributed by atoms with van der Waals surface area (Å²) in [6.07, 6.45) is 2.08. The maximum absolute atomic E-state index is 5.13. The van der Waals surface area contributed by atoms with Crippen molar-refractivity contribution in [3.05, 3.63) is 48.5 Å². The number of thioether (sulfide) groups is 1. The number of methoxy groups -OCH3 is 1. The van der Waals surface area contributed by atoms with E-state index in [1.807, 2.05) is 36.4 Å². The Kier molecular flexibility index (Phi) is 3.94. The lowest BCUT2D eigenvalue weighted by molar-refractivity contribution is 0.415. The first-order valence-corrected chi connectivity index (χ1v) is 6.60. The van der Waals surface area contributed by atoms with E-state index in [0.717, 1.165) is 17.1 Å². The number of rotatable bonds is 4. The van der Waals surface area contributed by atoms with E-state index >= 15 is 0 Å². The largest absolute Gasteiger partial charge is 0.497 e. The number of hydrogen-bond acceptors (Lipinski definition) is 3. The Labute approximate surface area is 106 Å². The molecule has 0 aliphatic heterocycles. The molecular weight excluding hydrogens is 230 g/mol. The van der Waals surface area contributed by atoms with E-state index < -0.39 is 0 Å². The van der Waals surface area contributed by atoms with Crippen molar-refractivity contribution >= 4 is 23.1 Å². The zero-order valence-electron chi connectivity index (χ0n) is 9.94. The Hall–Kier alpha value is -1.61. The van der Waals surface area contributed by atoms with Gasteiger partial charge in [0.05, 0.1) is 12.8 Å². The van der Waals surface area contributed by atoms with Crippen LogP contribution in [0.3, 0.4) is 0 Å². The van der Waals surface area contributed by atoms with Crippen molar-refractivity contribution in [2.75, 3.05) is 18.7 Å². The van der Waals surface area contributed by atoms with Gasteiger partial charge in [-0.3, -0.25) is 0 Å². The molecular formula is C14H15NOS. The summed E-state index contributed by atoms with van der Waals surface area (Å²) >= 11 is 1.74. The summed E-state index contributed by atoms with van der Waals surface area (Å²) in [6.45, 7) is 0. The molecule has 0 amide bonds. The zero-order valence-corrected chi connectivity index (χ0v) is 10.8. The van der Waals surface area contributed by atoms with E-state index in [1.54, 1.807) is 18.9 Å². The van der Waals surface area contributed by atoms with Crippen LogP contribution in [0, 0.1) is 0 Å². The molecule has 2 aromatic carbocycles. The highest BCUT2D eigenvalue weighted by Crippen LogP contribution is 2.28. The van der Waals surface area contributed by atoms with Gasteiger partial charge >= 0.3 is 0 Å². The van der Waals surface area contributed by atoms with Crippen molar-refractivity contribution in [1.82, 2.24) is 0 Å². The normalized spacial score (nSPS) is 10.0. The molecule has 0 spiro atoms. The molecule has 0 bridgehead atoms. The van der Waals surface area contributed by atoms with E-state index in [9.17, 15) is 0 Å². The number of hydrogen-bond donors (Lipinski definition) is 1. The maximum atomic E-state index is 5.13. The summed E-state index contributed by atoms with van der Waals surface area (Å²) in [4.78, 5) is 1.24. The number of ether oxygens (including phenoxy) is 1. The summed E-state index contributed by atoms with van der Waals surface area (Å²) in [5.41, 5.74) is 2.19. The highest BCUT2D eigenvalue weighted by atomic mass is 32.2. The molecule has 0 atom stereocenters. The highest BCUT2D eigenvalue weighted by molar-refractivity contribution is 7.98. The van der Waals surface area contributed by atoms with Crippen molar-refractivity contribution in [2.24, 2.45) is 0 Å². The average Bonchev–Trinajstić information content (AvgIpc) is 2.40. The van der Waals surface area contributed by atoms with Crippen molar-refractivity contribution in [3.63, 3.8) is 0 Å². The second-order valence-corrected chi connectivity index (χ2v) is 4.40. The summed E-state index contributed by atoms with van der Waals surface area (Å²) in [6, 6.07) is 16.2. The van der Waals surface area contributed by atoms with E-state index in [1.165, 1.54) is 4.90 Å². The van der Waals surface area contributed by atoms with Gasteiger partial charge in [0.15, 0.2) is 0 Å². The lowest BCUT2D eigenvalue weighted by atomic mass is 10.2. The standard InChI is InChI=1S/C14H15NOS/c1-16-12-9-7-11(8-10-12)15-13-5-3-4-6-14(13)17-2/h3-10,15H,1-2H3. The van der Waals surface area contributed by atoms with Crippen LogP contribution in [-0.2, 0) is 0 Å².